The van der Waals surface area contributed by atoms with E-state index in [1.807, 2.05) is 6.07 Å². The number of sulfone groups is 1. The molecule has 7 nitrogen and oxygen atoms in total. The molecule has 1 saturated heterocycles. The SMILES string of the molecule is CC(CCN1CCC(Nc2ccc(S(C)(=O)=O)cc2[N+](=O)[O-])CC1)c1ccccc1. The quantitative estimate of drug-likeness (QED) is 0.500. The Morgan fingerprint density at radius 3 is 2.43 bits per heavy atom. The number of nitrogens with zero attached hydrogens (tertiary/aromatic N) is 2. The van der Waals surface area contributed by atoms with Crippen LogP contribution in [0.5, 0.6) is 0 Å². The van der Waals surface area contributed by atoms with E-state index in [2.05, 4.69) is 41.4 Å². The minimum absolute atomic E-state index is 0.0397. The standard InChI is InChI=1S/C22H29N3O4S/c1-17(18-6-4-3-5-7-18)10-13-24-14-11-19(12-15-24)23-21-9-8-20(30(2,28)29)16-22(21)25(26)27/h3-9,16-17,19,23H,10-15H2,1-2H3. The molecule has 0 aliphatic carbocycles. The molecule has 2 aromatic rings. The summed E-state index contributed by atoms with van der Waals surface area (Å²) in [6, 6.07) is 14.7. The third-order valence-electron chi connectivity index (χ3n) is 5.79. The molecule has 30 heavy (non-hydrogen) atoms. The van der Waals surface area contributed by atoms with Crippen LogP contribution in [0.3, 0.4) is 0 Å². The summed E-state index contributed by atoms with van der Waals surface area (Å²) in [4.78, 5) is 13.3. The largest absolute Gasteiger partial charge is 0.377 e. The second-order valence-corrected chi connectivity index (χ2v) is 10.1. The van der Waals surface area contributed by atoms with Crippen molar-refractivity contribution in [1.82, 2.24) is 4.90 Å². The monoisotopic (exact) mass is 431 g/mol. The maximum absolute atomic E-state index is 11.7. The third kappa shape index (κ3) is 5.79. The summed E-state index contributed by atoms with van der Waals surface area (Å²) >= 11 is 0. The van der Waals surface area contributed by atoms with Crippen molar-refractivity contribution in [3.63, 3.8) is 0 Å². The number of piperidine rings is 1. The average molecular weight is 432 g/mol. The highest BCUT2D eigenvalue weighted by Gasteiger charge is 2.24. The fraction of sp³-hybridized carbons (Fsp3) is 0.455. The van der Waals surface area contributed by atoms with Crippen molar-refractivity contribution >= 4 is 21.2 Å². The third-order valence-corrected chi connectivity index (χ3v) is 6.90. The summed E-state index contributed by atoms with van der Waals surface area (Å²) in [7, 11) is -3.49. The minimum atomic E-state index is -3.49. The van der Waals surface area contributed by atoms with Crippen LogP contribution in [-0.4, -0.2) is 50.2 Å². The first-order valence-electron chi connectivity index (χ1n) is 10.3. The van der Waals surface area contributed by atoms with Gasteiger partial charge in [0.2, 0.25) is 0 Å². The molecule has 1 fully saturated rings. The molecule has 0 bridgehead atoms. The van der Waals surface area contributed by atoms with E-state index in [0.29, 0.717) is 11.6 Å². The smallest absolute Gasteiger partial charge is 0.293 e. The zero-order valence-electron chi connectivity index (χ0n) is 17.5. The molecule has 0 saturated carbocycles. The summed E-state index contributed by atoms with van der Waals surface area (Å²) in [6.07, 6.45) is 3.93. The van der Waals surface area contributed by atoms with Crippen LogP contribution in [-0.2, 0) is 9.84 Å². The fourth-order valence-corrected chi connectivity index (χ4v) is 4.50. The molecular weight excluding hydrogens is 402 g/mol. The van der Waals surface area contributed by atoms with Crippen LogP contribution < -0.4 is 5.32 Å². The number of likely N-dealkylation sites (tertiary alicyclic amines) is 1. The van der Waals surface area contributed by atoms with E-state index in [1.165, 1.54) is 17.7 Å². The lowest BCUT2D eigenvalue weighted by atomic mass is 9.97. The molecule has 1 aliphatic rings. The number of nitro benzene ring substituents is 1. The molecule has 3 rings (SSSR count). The lowest BCUT2D eigenvalue weighted by Crippen LogP contribution is -2.39. The van der Waals surface area contributed by atoms with Gasteiger partial charge in [0.25, 0.3) is 5.69 Å². The summed E-state index contributed by atoms with van der Waals surface area (Å²) in [5.41, 5.74) is 1.54. The number of benzene rings is 2. The van der Waals surface area contributed by atoms with Gasteiger partial charge < -0.3 is 10.2 Å². The zero-order valence-corrected chi connectivity index (χ0v) is 18.3. The van der Waals surface area contributed by atoms with Gasteiger partial charge in [0, 0.05) is 31.5 Å². The molecule has 162 valence electrons. The molecule has 0 radical (unpaired) electrons. The predicted molar refractivity (Wildman–Crippen MR) is 119 cm³/mol. The van der Waals surface area contributed by atoms with Gasteiger partial charge in [-0.3, -0.25) is 10.1 Å². The number of anilines is 1. The first kappa shape index (κ1) is 22.2. The lowest BCUT2D eigenvalue weighted by molar-refractivity contribution is -0.384. The van der Waals surface area contributed by atoms with Crippen LogP contribution in [0.2, 0.25) is 0 Å². The van der Waals surface area contributed by atoms with Crippen molar-refractivity contribution in [1.29, 1.82) is 0 Å². The van der Waals surface area contributed by atoms with Gasteiger partial charge in [-0.25, -0.2) is 8.42 Å². The van der Waals surface area contributed by atoms with Crippen molar-refractivity contribution in [2.45, 2.75) is 43.0 Å². The Morgan fingerprint density at radius 2 is 1.83 bits per heavy atom. The number of nitrogens with one attached hydrogen (secondary N) is 1. The summed E-state index contributed by atoms with van der Waals surface area (Å²) in [5.74, 6) is 0.512. The van der Waals surface area contributed by atoms with E-state index < -0.39 is 14.8 Å². The van der Waals surface area contributed by atoms with E-state index in [4.69, 9.17) is 0 Å². The lowest BCUT2D eigenvalue weighted by Gasteiger charge is -2.33. The second-order valence-electron chi connectivity index (χ2n) is 8.07. The van der Waals surface area contributed by atoms with Crippen molar-refractivity contribution in [3.05, 3.63) is 64.2 Å². The topological polar surface area (TPSA) is 92.6 Å². The Kier molecular flexibility index (Phi) is 7.10. The summed E-state index contributed by atoms with van der Waals surface area (Å²) in [6.45, 7) is 5.16. The van der Waals surface area contributed by atoms with Gasteiger partial charge in [0.05, 0.1) is 9.82 Å². The van der Waals surface area contributed by atoms with Crippen LogP contribution in [0.25, 0.3) is 0 Å². The van der Waals surface area contributed by atoms with Crippen LogP contribution in [0.4, 0.5) is 11.4 Å². The zero-order chi connectivity index (χ0) is 21.7. The summed E-state index contributed by atoms with van der Waals surface area (Å²) < 4.78 is 23.4. The van der Waals surface area contributed by atoms with Gasteiger partial charge in [0.1, 0.15) is 5.69 Å². The molecule has 2 aromatic carbocycles. The Labute approximate surface area is 178 Å². The molecule has 8 heteroatoms. The predicted octanol–water partition coefficient (Wildman–Crippen LogP) is 4.07. The van der Waals surface area contributed by atoms with Gasteiger partial charge in [-0.1, -0.05) is 37.3 Å². The van der Waals surface area contributed by atoms with E-state index >= 15 is 0 Å². The van der Waals surface area contributed by atoms with Crippen LogP contribution in [0, 0.1) is 10.1 Å². The van der Waals surface area contributed by atoms with Gasteiger partial charge in [-0.05, 0) is 49.4 Å². The second kappa shape index (κ2) is 9.57. The van der Waals surface area contributed by atoms with Crippen LogP contribution in [0.1, 0.15) is 37.7 Å². The number of hydrogen-bond donors (Lipinski definition) is 1. The summed E-state index contributed by atoms with van der Waals surface area (Å²) in [5, 5.41) is 14.7. The van der Waals surface area contributed by atoms with E-state index in [1.54, 1.807) is 0 Å². The minimum Gasteiger partial charge on any atom is -0.377 e. The number of rotatable bonds is 8. The molecular formula is C22H29N3O4S. The van der Waals surface area contributed by atoms with Crippen molar-refractivity contribution < 1.29 is 13.3 Å². The molecule has 0 amide bonds. The van der Waals surface area contributed by atoms with Crippen molar-refractivity contribution in [2.75, 3.05) is 31.2 Å². The van der Waals surface area contributed by atoms with Gasteiger partial charge in [-0.15, -0.1) is 0 Å². The number of nitro groups is 1. The Bertz CT molecular complexity index is 971. The van der Waals surface area contributed by atoms with E-state index in [0.717, 1.165) is 51.2 Å². The van der Waals surface area contributed by atoms with Gasteiger partial charge in [0.15, 0.2) is 9.84 Å². The maximum atomic E-state index is 11.7. The van der Waals surface area contributed by atoms with Gasteiger partial charge in [-0.2, -0.15) is 0 Å². The van der Waals surface area contributed by atoms with E-state index in [9.17, 15) is 18.5 Å². The Balaban J connectivity index is 1.54. The maximum Gasteiger partial charge on any atom is 0.293 e. The molecule has 1 atom stereocenters. The average Bonchev–Trinajstić information content (AvgIpc) is 2.73. The Morgan fingerprint density at radius 1 is 1.17 bits per heavy atom. The van der Waals surface area contributed by atoms with E-state index in [-0.39, 0.29) is 16.6 Å². The normalized spacial score (nSPS) is 16.9. The Hall–Kier alpha value is -2.45. The fourth-order valence-electron chi connectivity index (χ4n) is 3.86. The van der Waals surface area contributed by atoms with Crippen molar-refractivity contribution in [2.24, 2.45) is 0 Å². The molecule has 1 aliphatic heterocycles. The highest BCUT2D eigenvalue weighted by atomic mass is 32.2. The molecule has 1 N–H and O–H groups in total. The molecule has 1 unspecified atom stereocenters. The van der Waals surface area contributed by atoms with Crippen molar-refractivity contribution in [3.8, 4) is 0 Å². The first-order valence-corrected chi connectivity index (χ1v) is 12.2. The highest BCUT2D eigenvalue weighted by molar-refractivity contribution is 7.90. The van der Waals surface area contributed by atoms with Crippen LogP contribution >= 0.6 is 0 Å². The first-order chi connectivity index (χ1) is 14.2. The number of hydrogen-bond acceptors (Lipinski definition) is 6. The highest BCUT2D eigenvalue weighted by Crippen LogP contribution is 2.30. The van der Waals surface area contributed by atoms with Gasteiger partial charge >= 0.3 is 0 Å². The molecule has 1 heterocycles. The molecule has 0 spiro atoms. The molecule has 0 aromatic heterocycles. The van der Waals surface area contributed by atoms with Crippen LogP contribution in [0.15, 0.2) is 53.4 Å².